The summed E-state index contributed by atoms with van der Waals surface area (Å²) in [5, 5.41) is 3.73. The normalized spacial score (nSPS) is 22.3. The highest BCUT2D eigenvalue weighted by molar-refractivity contribution is 5.49. The number of benzene rings is 1. The van der Waals surface area contributed by atoms with E-state index in [0.717, 1.165) is 24.8 Å². The highest BCUT2D eigenvalue weighted by Gasteiger charge is 2.23. The molecule has 0 radical (unpaired) electrons. The number of hydrogen-bond donors (Lipinski definition) is 1. The first-order valence-corrected chi connectivity index (χ1v) is 8.33. The summed E-state index contributed by atoms with van der Waals surface area (Å²) in [6.07, 6.45) is 6.69. The zero-order valence-electron chi connectivity index (χ0n) is 13.8. The Morgan fingerprint density at radius 2 is 2.05 bits per heavy atom. The molecular formula is C18H30N2O. The van der Waals surface area contributed by atoms with Crippen LogP contribution in [0, 0.1) is 5.92 Å². The molecule has 0 aromatic heterocycles. The first-order chi connectivity index (χ1) is 10.2. The van der Waals surface area contributed by atoms with Crippen LogP contribution in [0.15, 0.2) is 24.3 Å². The monoisotopic (exact) mass is 290 g/mol. The first kappa shape index (κ1) is 16.2. The van der Waals surface area contributed by atoms with E-state index in [0.29, 0.717) is 6.04 Å². The maximum atomic E-state index is 5.82. The van der Waals surface area contributed by atoms with Crippen molar-refractivity contribution in [2.45, 2.75) is 45.1 Å². The fourth-order valence-corrected chi connectivity index (χ4v) is 3.12. The third-order valence-electron chi connectivity index (χ3n) is 4.43. The van der Waals surface area contributed by atoms with Gasteiger partial charge in [0.25, 0.3) is 0 Å². The molecule has 1 aromatic rings. The van der Waals surface area contributed by atoms with Gasteiger partial charge in [0.2, 0.25) is 0 Å². The molecule has 2 rings (SSSR count). The summed E-state index contributed by atoms with van der Waals surface area (Å²) in [5.74, 6) is 1.78. The summed E-state index contributed by atoms with van der Waals surface area (Å²) < 4.78 is 5.82. The molecule has 118 valence electrons. The average Bonchev–Trinajstić information content (AvgIpc) is 2.48. The lowest BCUT2D eigenvalue weighted by molar-refractivity contribution is 0.261. The summed E-state index contributed by atoms with van der Waals surface area (Å²) in [4.78, 5) is 2.13. The summed E-state index contributed by atoms with van der Waals surface area (Å²) in [6.45, 7) is 3.99. The maximum Gasteiger partial charge on any atom is 0.121 e. The van der Waals surface area contributed by atoms with Gasteiger partial charge in [-0.25, -0.2) is 0 Å². The second-order valence-electron chi connectivity index (χ2n) is 6.38. The van der Waals surface area contributed by atoms with Crippen molar-refractivity contribution in [3.05, 3.63) is 24.3 Å². The van der Waals surface area contributed by atoms with E-state index in [1.54, 1.807) is 0 Å². The van der Waals surface area contributed by atoms with Crippen LogP contribution in [0.3, 0.4) is 0 Å². The van der Waals surface area contributed by atoms with E-state index in [4.69, 9.17) is 4.74 Å². The average molecular weight is 290 g/mol. The molecule has 0 spiro atoms. The third kappa shape index (κ3) is 5.24. The second kappa shape index (κ2) is 8.28. The smallest absolute Gasteiger partial charge is 0.121 e. The number of likely N-dealkylation sites (N-methyl/N-ethyl adjacent to an activating group) is 1. The fraction of sp³-hybridized carbons (Fsp3) is 0.667. The Morgan fingerprint density at radius 1 is 1.24 bits per heavy atom. The Morgan fingerprint density at radius 3 is 2.81 bits per heavy atom. The molecule has 3 nitrogen and oxygen atoms in total. The number of ether oxygens (including phenoxy) is 1. The van der Waals surface area contributed by atoms with E-state index in [-0.39, 0.29) is 0 Å². The molecule has 0 aliphatic heterocycles. The molecule has 2 atom stereocenters. The molecule has 0 bridgehead atoms. The van der Waals surface area contributed by atoms with E-state index in [1.807, 2.05) is 6.07 Å². The van der Waals surface area contributed by atoms with Gasteiger partial charge in [-0.1, -0.05) is 32.3 Å². The Kier molecular flexibility index (Phi) is 6.37. The van der Waals surface area contributed by atoms with Gasteiger partial charge in [-0.3, -0.25) is 0 Å². The molecule has 0 amide bonds. The molecule has 3 heteroatoms. The van der Waals surface area contributed by atoms with Crippen molar-refractivity contribution in [3.8, 4) is 5.75 Å². The van der Waals surface area contributed by atoms with Crippen molar-refractivity contribution in [2.75, 3.05) is 32.6 Å². The Bertz CT molecular complexity index is 419. The number of nitrogens with zero attached hydrogens (tertiary/aromatic N) is 1. The maximum absolute atomic E-state index is 5.82. The lowest BCUT2D eigenvalue weighted by atomic mass is 9.83. The standard InChI is InChI=1S/C18H30N2O/c1-4-15-8-5-6-11-18(15)19-16-9-7-10-17(14-16)21-13-12-20(2)3/h7,9-10,14-15,18-19H,4-6,8,11-13H2,1-3H3. The van der Waals surface area contributed by atoms with Crippen LogP contribution in [0.2, 0.25) is 0 Å². The first-order valence-electron chi connectivity index (χ1n) is 8.33. The molecular weight excluding hydrogens is 260 g/mol. The molecule has 2 unspecified atom stereocenters. The minimum atomic E-state index is 0.626. The number of nitrogens with one attached hydrogen (secondary N) is 1. The van der Waals surface area contributed by atoms with E-state index in [9.17, 15) is 0 Å². The Labute approximate surface area is 129 Å². The van der Waals surface area contributed by atoms with Gasteiger partial charge in [0, 0.05) is 24.3 Å². The van der Waals surface area contributed by atoms with Gasteiger partial charge in [-0.2, -0.15) is 0 Å². The van der Waals surface area contributed by atoms with Crippen molar-refractivity contribution in [1.82, 2.24) is 4.90 Å². The van der Waals surface area contributed by atoms with Crippen molar-refractivity contribution in [1.29, 1.82) is 0 Å². The van der Waals surface area contributed by atoms with Crippen molar-refractivity contribution in [3.63, 3.8) is 0 Å². The highest BCUT2D eigenvalue weighted by Crippen LogP contribution is 2.30. The molecule has 1 aliphatic rings. The topological polar surface area (TPSA) is 24.5 Å². The Hall–Kier alpha value is -1.22. The SMILES string of the molecule is CCC1CCCCC1Nc1cccc(OCCN(C)C)c1. The quantitative estimate of drug-likeness (QED) is 0.821. The van der Waals surface area contributed by atoms with Gasteiger partial charge in [-0.15, -0.1) is 0 Å². The zero-order valence-corrected chi connectivity index (χ0v) is 13.8. The van der Waals surface area contributed by atoms with Crippen molar-refractivity contribution < 1.29 is 4.74 Å². The third-order valence-corrected chi connectivity index (χ3v) is 4.43. The molecule has 0 heterocycles. The van der Waals surface area contributed by atoms with Crippen LogP contribution in [0.4, 0.5) is 5.69 Å². The van der Waals surface area contributed by atoms with Crippen LogP contribution in [-0.4, -0.2) is 38.2 Å². The molecule has 1 fully saturated rings. The fourth-order valence-electron chi connectivity index (χ4n) is 3.12. The van der Waals surface area contributed by atoms with Crippen molar-refractivity contribution >= 4 is 5.69 Å². The number of anilines is 1. The summed E-state index contributed by atoms with van der Waals surface area (Å²) in [7, 11) is 4.13. The van der Waals surface area contributed by atoms with Crippen LogP contribution in [0.25, 0.3) is 0 Å². The number of hydrogen-bond acceptors (Lipinski definition) is 3. The van der Waals surface area contributed by atoms with E-state index in [2.05, 4.69) is 49.4 Å². The summed E-state index contributed by atoms with van der Waals surface area (Å²) >= 11 is 0. The van der Waals surface area contributed by atoms with Gasteiger partial charge < -0.3 is 15.0 Å². The minimum absolute atomic E-state index is 0.626. The van der Waals surface area contributed by atoms with Crippen LogP contribution in [0.1, 0.15) is 39.0 Å². The lowest BCUT2D eigenvalue weighted by Gasteiger charge is -2.32. The van der Waals surface area contributed by atoms with Crippen LogP contribution < -0.4 is 10.1 Å². The van der Waals surface area contributed by atoms with Gasteiger partial charge in [0.1, 0.15) is 12.4 Å². The van der Waals surface area contributed by atoms with Crippen LogP contribution in [-0.2, 0) is 0 Å². The van der Waals surface area contributed by atoms with E-state index < -0.39 is 0 Å². The molecule has 1 saturated carbocycles. The molecule has 1 aliphatic carbocycles. The van der Waals surface area contributed by atoms with E-state index in [1.165, 1.54) is 37.8 Å². The second-order valence-corrected chi connectivity index (χ2v) is 6.38. The predicted molar refractivity (Wildman–Crippen MR) is 90.2 cm³/mol. The molecule has 21 heavy (non-hydrogen) atoms. The minimum Gasteiger partial charge on any atom is -0.492 e. The van der Waals surface area contributed by atoms with Crippen LogP contribution in [0.5, 0.6) is 5.75 Å². The lowest BCUT2D eigenvalue weighted by Crippen LogP contribution is -2.31. The van der Waals surface area contributed by atoms with Gasteiger partial charge in [-0.05, 0) is 45.0 Å². The predicted octanol–water partition coefficient (Wildman–Crippen LogP) is 4.01. The summed E-state index contributed by atoms with van der Waals surface area (Å²) in [6, 6.07) is 9.04. The zero-order chi connectivity index (χ0) is 15.1. The van der Waals surface area contributed by atoms with Gasteiger partial charge in [0.15, 0.2) is 0 Å². The van der Waals surface area contributed by atoms with Gasteiger partial charge >= 0.3 is 0 Å². The van der Waals surface area contributed by atoms with Gasteiger partial charge in [0.05, 0.1) is 0 Å². The number of rotatable bonds is 7. The summed E-state index contributed by atoms with van der Waals surface area (Å²) in [5.41, 5.74) is 1.20. The van der Waals surface area contributed by atoms with Crippen LogP contribution >= 0.6 is 0 Å². The van der Waals surface area contributed by atoms with Crippen molar-refractivity contribution in [2.24, 2.45) is 5.92 Å². The Balaban J connectivity index is 1.90. The molecule has 1 aromatic carbocycles. The van der Waals surface area contributed by atoms with E-state index >= 15 is 0 Å². The molecule has 1 N–H and O–H groups in total. The highest BCUT2D eigenvalue weighted by atomic mass is 16.5. The largest absolute Gasteiger partial charge is 0.492 e. The molecule has 0 saturated heterocycles.